The molecule has 1 N–H and O–H groups in total. The maximum absolute atomic E-state index is 13.1. The van der Waals surface area contributed by atoms with Gasteiger partial charge in [0.15, 0.2) is 6.10 Å². The van der Waals surface area contributed by atoms with E-state index in [1.54, 1.807) is 29.2 Å². The molecule has 1 aliphatic heterocycles. The summed E-state index contributed by atoms with van der Waals surface area (Å²) < 4.78 is 24.0. The highest BCUT2D eigenvalue weighted by Crippen LogP contribution is 2.34. The second-order valence-corrected chi connectivity index (χ2v) is 7.84. The maximum atomic E-state index is 13.1. The fraction of sp³-hybridized carbons (Fsp3) is 0.440. The van der Waals surface area contributed by atoms with Crippen molar-refractivity contribution in [2.75, 3.05) is 24.7 Å². The minimum absolute atomic E-state index is 0.102. The van der Waals surface area contributed by atoms with Gasteiger partial charge in [-0.1, -0.05) is 49.6 Å². The molecule has 0 saturated heterocycles. The second-order valence-electron chi connectivity index (χ2n) is 7.84. The Morgan fingerprint density at radius 3 is 2.56 bits per heavy atom. The Kier molecular flexibility index (Phi) is 8.90. The minimum Gasteiger partial charge on any atom is -0.493 e. The van der Waals surface area contributed by atoms with Crippen LogP contribution in [-0.4, -0.2) is 42.9 Å². The molecule has 7 heteroatoms. The number of carboxylic acid groups (broad SMARTS) is 1. The lowest BCUT2D eigenvalue weighted by molar-refractivity contribution is -0.136. The Morgan fingerprint density at radius 2 is 1.75 bits per heavy atom. The first kappa shape index (κ1) is 23.6. The number of halogens is 1. The van der Waals surface area contributed by atoms with Crippen LogP contribution in [0.25, 0.3) is 0 Å². The number of alkyl halides is 1. The lowest BCUT2D eigenvalue weighted by Gasteiger charge is -2.34. The lowest BCUT2D eigenvalue weighted by Crippen LogP contribution is -2.47. The number of nitrogens with zero attached hydrogens (tertiary/aromatic N) is 1. The molecular formula is C25H30FNO5. The number of carbonyl (C=O) groups is 2. The number of hydrogen-bond donors (Lipinski definition) is 1. The molecule has 0 radical (unpaired) electrons. The molecule has 1 atom stereocenters. The van der Waals surface area contributed by atoms with Gasteiger partial charge in [-0.05, 0) is 31.0 Å². The van der Waals surface area contributed by atoms with Crippen molar-refractivity contribution in [3.8, 4) is 11.5 Å². The summed E-state index contributed by atoms with van der Waals surface area (Å²) in [6.07, 6.45) is 3.77. The van der Waals surface area contributed by atoms with Crippen LogP contribution in [0.3, 0.4) is 0 Å². The molecule has 32 heavy (non-hydrogen) atoms. The summed E-state index contributed by atoms with van der Waals surface area (Å²) in [4.78, 5) is 26.0. The number of benzene rings is 2. The van der Waals surface area contributed by atoms with Gasteiger partial charge in [-0.2, -0.15) is 0 Å². The predicted octanol–water partition coefficient (Wildman–Crippen LogP) is 4.80. The van der Waals surface area contributed by atoms with E-state index in [1.165, 1.54) is 0 Å². The highest BCUT2D eigenvalue weighted by atomic mass is 19.1. The number of fused-ring (bicyclic) bond motifs is 1. The average molecular weight is 444 g/mol. The Labute approximate surface area is 187 Å². The Bertz CT molecular complexity index is 903. The predicted molar refractivity (Wildman–Crippen MR) is 120 cm³/mol. The van der Waals surface area contributed by atoms with Gasteiger partial charge >= 0.3 is 5.97 Å². The molecule has 0 bridgehead atoms. The van der Waals surface area contributed by atoms with Gasteiger partial charge in [-0.25, -0.2) is 0 Å². The second kappa shape index (κ2) is 12.1. The Morgan fingerprint density at radius 1 is 1.03 bits per heavy atom. The van der Waals surface area contributed by atoms with E-state index in [4.69, 9.17) is 14.6 Å². The van der Waals surface area contributed by atoms with Crippen LogP contribution in [0.2, 0.25) is 0 Å². The van der Waals surface area contributed by atoms with Crippen molar-refractivity contribution < 1.29 is 28.6 Å². The van der Waals surface area contributed by atoms with Crippen LogP contribution in [-0.2, 0) is 16.0 Å². The molecule has 0 saturated carbocycles. The molecule has 1 aliphatic rings. The Balaban J connectivity index is 1.59. The molecule has 3 rings (SSSR count). The van der Waals surface area contributed by atoms with Crippen LogP contribution in [0.5, 0.6) is 11.5 Å². The summed E-state index contributed by atoms with van der Waals surface area (Å²) in [5.41, 5.74) is 1.36. The quantitative estimate of drug-likeness (QED) is 0.450. The molecule has 0 aliphatic carbocycles. The number of rotatable bonds is 13. The van der Waals surface area contributed by atoms with Crippen molar-refractivity contribution in [2.45, 2.75) is 51.0 Å². The number of anilines is 1. The first-order valence-electron chi connectivity index (χ1n) is 11.2. The monoisotopic (exact) mass is 443 g/mol. The summed E-state index contributed by atoms with van der Waals surface area (Å²) in [6, 6.07) is 14.5. The molecule has 1 heterocycles. The van der Waals surface area contributed by atoms with Crippen molar-refractivity contribution in [1.29, 1.82) is 0 Å². The molecule has 0 spiro atoms. The third kappa shape index (κ3) is 6.45. The van der Waals surface area contributed by atoms with Crippen molar-refractivity contribution >= 4 is 17.6 Å². The molecule has 1 amide bonds. The van der Waals surface area contributed by atoms with E-state index in [2.05, 4.69) is 0 Å². The van der Waals surface area contributed by atoms with E-state index < -0.39 is 12.1 Å². The third-order valence-electron chi connectivity index (χ3n) is 5.43. The summed E-state index contributed by atoms with van der Waals surface area (Å²) in [6.45, 7) is 0.541. The van der Waals surface area contributed by atoms with E-state index in [9.17, 15) is 14.0 Å². The van der Waals surface area contributed by atoms with Crippen LogP contribution in [0.1, 0.15) is 44.1 Å². The molecule has 0 aromatic heterocycles. The molecule has 2 aromatic rings. The minimum atomic E-state index is -0.927. The van der Waals surface area contributed by atoms with Crippen molar-refractivity contribution in [3.63, 3.8) is 0 Å². The standard InChI is InChI=1S/C25H30FNO5/c26-15-8-2-1-3-9-16-27-20-11-5-7-13-22(20)32-23(25(27)30)14-17-31-21-12-6-4-10-19(21)18-24(28)29/h4-7,10-13,23H,1-3,8-9,14-18H2,(H,28,29). The zero-order valence-electron chi connectivity index (χ0n) is 18.2. The van der Waals surface area contributed by atoms with E-state index in [0.717, 1.165) is 31.4 Å². The van der Waals surface area contributed by atoms with Gasteiger partial charge in [0, 0.05) is 18.5 Å². The van der Waals surface area contributed by atoms with Crippen LogP contribution in [0.4, 0.5) is 10.1 Å². The third-order valence-corrected chi connectivity index (χ3v) is 5.43. The smallest absolute Gasteiger partial charge is 0.307 e. The number of unbranched alkanes of at least 4 members (excludes halogenated alkanes) is 4. The van der Waals surface area contributed by atoms with Crippen molar-refractivity contribution in [2.24, 2.45) is 0 Å². The fourth-order valence-corrected chi connectivity index (χ4v) is 3.81. The largest absolute Gasteiger partial charge is 0.493 e. The zero-order chi connectivity index (χ0) is 22.8. The molecular weight excluding hydrogens is 413 g/mol. The molecule has 172 valence electrons. The summed E-state index contributed by atoms with van der Waals surface area (Å²) in [5, 5.41) is 9.07. The summed E-state index contributed by atoms with van der Waals surface area (Å²) in [7, 11) is 0. The average Bonchev–Trinajstić information content (AvgIpc) is 2.78. The SMILES string of the molecule is O=C(O)Cc1ccccc1OCCC1Oc2ccccc2N(CCCCCCCF)C1=O. The number of ether oxygens (including phenoxy) is 2. The number of amides is 1. The molecule has 2 aromatic carbocycles. The van der Waals surface area contributed by atoms with Crippen LogP contribution in [0, 0.1) is 0 Å². The van der Waals surface area contributed by atoms with Crippen molar-refractivity contribution in [1.82, 2.24) is 0 Å². The van der Waals surface area contributed by atoms with Gasteiger partial charge in [0.2, 0.25) is 0 Å². The number of hydrogen-bond acceptors (Lipinski definition) is 4. The topological polar surface area (TPSA) is 76.1 Å². The maximum Gasteiger partial charge on any atom is 0.307 e. The normalized spacial score (nSPS) is 15.2. The van der Waals surface area contributed by atoms with E-state index >= 15 is 0 Å². The van der Waals surface area contributed by atoms with E-state index in [1.807, 2.05) is 24.3 Å². The van der Waals surface area contributed by atoms with Gasteiger partial charge in [0.05, 0.1) is 25.4 Å². The molecule has 0 fully saturated rings. The van der Waals surface area contributed by atoms with Crippen molar-refractivity contribution in [3.05, 3.63) is 54.1 Å². The lowest BCUT2D eigenvalue weighted by atomic mass is 10.1. The van der Waals surface area contributed by atoms with Crippen LogP contribution >= 0.6 is 0 Å². The summed E-state index contributed by atoms with van der Waals surface area (Å²) in [5.74, 6) is 0.142. The number of para-hydroxylation sites is 3. The first-order chi connectivity index (χ1) is 15.6. The summed E-state index contributed by atoms with van der Waals surface area (Å²) >= 11 is 0. The fourth-order valence-electron chi connectivity index (χ4n) is 3.81. The van der Waals surface area contributed by atoms with Gasteiger partial charge in [0.25, 0.3) is 5.91 Å². The molecule has 6 nitrogen and oxygen atoms in total. The zero-order valence-corrected chi connectivity index (χ0v) is 18.2. The number of aliphatic carboxylic acids is 1. The van der Waals surface area contributed by atoms with Gasteiger partial charge < -0.3 is 19.5 Å². The van der Waals surface area contributed by atoms with Gasteiger partial charge in [0.1, 0.15) is 11.5 Å². The first-order valence-corrected chi connectivity index (χ1v) is 11.2. The highest BCUT2D eigenvalue weighted by Gasteiger charge is 2.33. The van der Waals surface area contributed by atoms with Gasteiger partial charge in [-0.15, -0.1) is 0 Å². The molecule has 1 unspecified atom stereocenters. The number of carboxylic acids is 1. The van der Waals surface area contributed by atoms with Gasteiger partial charge in [-0.3, -0.25) is 14.0 Å². The van der Waals surface area contributed by atoms with Crippen LogP contribution < -0.4 is 14.4 Å². The van der Waals surface area contributed by atoms with Crippen LogP contribution in [0.15, 0.2) is 48.5 Å². The highest BCUT2D eigenvalue weighted by molar-refractivity contribution is 6.00. The van der Waals surface area contributed by atoms with E-state index in [-0.39, 0.29) is 25.6 Å². The van der Waals surface area contributed by atoms with E-state index in [0.29, 0.717) is 36.4 Å². The number of carbonyl (C=O) groups excluding carboxylic acids is 1. The Hall–Kier alpha value is -3.09.